The second-order valence-electron chi connectivity index (χ2n) is 2.80. The highest BCUT2D eigenvalue weighted by atomic mass is 16.6. The Kier molecular flexibility index (Phi) is 4.74. The summed E-state index contributed by atoms with van der Waals surface area (Å²) in [5.41, 5.74) is 0. The van der Waals surface area contributed by atoms with E-state index in [0.717, 1.165) is 0 Å². The van der Waals surface area contributed by atoms with Gasteiger partial charge in [-0.2, -0.15) is 0 Å². The molecule has 0 fully saturated rings. The van der Waals surface area contributed by atoms with Crippen molar-refractivity contribution < 1.29 is 19.0 Å². The van der Waals surface area contributed by atoms with E-state index in [1.807, 2.05) is 6.07 Å². The normalized spacial score (nSPS) is 9.00. The molecule has 0 aliphatic rings. The van der Waals surface area contributed by atoms with Gasteiger partial charge >= 0.3 is 5.97 Å². The van der Waals surface area contributed by atoms with Crippen LogP contribution < -0.4 is 9.47 Å². The quantitative estimate of drug-likeness (QED) is 0.553. The molecule has 0 bridgehead atoms. The van der Waals surface area contributed by atoms with Crippen molar-refractivity contribution in [3.8, 4) is 23.8 Å². The van der Waals surface area contributed by atoms with Crippen LogP contribution in [0.4, 0.5) is 0 Å². The summed E-state index contributed by atoms with van der Waals surface area (Å²) in [5.74, 6) is 2.74. The number of carbonyl (C=O) groups excluding carboxylic acids is 1. The van der Waals surface area contributed by atoms with Crippen molar-refractivity contribution in [3.63, 3.8) is 0 Å². The summed E-state index contributed by atoms with van der Waals surface area (Å²) < 4.78 is 14.9. The number of terminal acetylenes is 1. The van der Waals surface area contributed by atoms with Gasteiger partial charge in [0, 0.05) is 0 Å². The van der Waals surface area contributed by atoms with Gasteiger partial charge in [-0.15, -0.1) is 6.42 Å². The number of rotatable bonds is 5. The molecule has 1 aromatic rings. The van der Waals surface area contributed by atoms with Gasteiger partial charge in [0.15, 0.2) is 24.7 Å². The van der Waals surface area contributed by atoms with Gasteiger partial charge in [0.2, 0.25) is 0 Å². The third kappa shape index (κ3) is 3.54. The third-order valence-electron chi connectivity index (χ3n) is 1.73. The van der Waals surface area contributed by atoms with Crippen molar-refractivity contribution in [2.75, 3.05) is 20.3 Å². The van der Waals surface area contributed by atoms with Crippen LogP contribution >= 0.6 is 0 Å². The molecule has 1 rings (SSSR count). The lowest BCUT2D eigenvalue weighted by Crippen LogP contribution is -2.15. The van der Waals surface area contributed by atoms with E-state index in [2.05, 4.69) is 10.7 Å². The minimum atomic E-state index is -0.510. The first-order valence-corrected chi connectivity index (χ1v) is 4.63. The fourth-order valence-electron chi connectivity index (χ4n) is 1.04. The molecule has 1 aromatic carbocycles. The van der Waals surface area contributed by atoms with Gasteiger partial charge in [0.25, 0.3) is 0 Å². The van der Waals surface area contributed by atoms with E-state index in [-0.39, 0.29) is 13.2 Å². The van der Waals surface area contributed by atoms with Crippen LogP contribution in [0.25, 0.3) is 0 Å². The van der Waals surface area contributed by atoms with E-state index >= 15 is 0 Å². The maximum Gasteiger partial charge on any atom is 0.345 e. The van der Waals surface area contributed by atoms with E-state index < -0.39 is 5.97 Å². The largest absolute Gasteiger partial charge is 0.493 e. The Morgan fingerprint density at radius 1 is 1.38 bits per heavy atom. The molecule has 0 heterocycles. The molecule has 84 valence electrons. The first-order chi connectivity index (χ1) is 7.77. The summed E-state index contributed by atoms with van der Waals surface area (Å²) in [6, 6.07) is 7.03. The van der Waals surface area contributed by atoms with Crippen molar-refractivity contribution in [2.45, 2.75) is 0 Å². The smallest absolute Gasteiger partial charge is 0.345 e. The van der Waals surface area contributed by atoms with Crippen molar-refractivity contribution in [2.24, 2.45) is 0 Å². The minimum absolute atomic E-state index is 0.0475. The molecule has 0 saturated heterocycles. The summed E-state index contributed by atoms with van der Waals surface area (Å²) in [5, 5.41) is 0. The molecule has 0 aliphatic carbocycles. The lowest BCUT2D eigenvalue weighted by molar-refractivity contribution is -0.144. The fraction of sp³-hybridized carbons (Fsp3) is 0.250. The fourth-order valence-corrected chi connectivity index (χ4v) is 1.04. The van der Waals surface area contributed by atoms with Crippen molar-refractivity contribution in [1.29, 1.82) is 0 Å². The van der Waals surface area contributed by atoms with Crippen LogP contribution in [-0.2, 0) is 9.53 Å². The number of carbonyl (C=O) groups is 1. The topological polar surface area (TPSA) is 44.8 Å². The number of benzene rings is 1. The molecule has 0 atom stereocenters. The van der Waals surface area contributed by atoms with Gasteiger partial charge in [-0.05, 0) is 12.1 Å². The molecule has 0 N–H and O–H groups in total. The number of hydrogen-bond acceptors (Lipinski definition) is 4. The van der Waals surface area contributed by atoms with Gasteiger partial charge in [-0.25, -0.2) is 4.79 Å². The van der Waals surface area contributed by atoms with Crippen LogP contribution in [0.1, 0.15) is 0 Å². The second-order valence-corrected chi connectivity index (χ2v) is 2.80. The number of ether oxygens (including phenoxy) is 3. The van der Waals surface area contributed by atoms with Crippen LogP contribution in [0.15, 0.2) is 24.3 Å². The Hall–Kier alpha value is -2.15. The van der Waals surface area contributed by atoms with Crippen molar-refractivity contribution >= 4 is 5.97 Å². The van der Waals surface area contributed by atoms with E-state index in [0.29, 0.717) is 11.5 Å². The molecule has 0 aliphatic heterocycles. The van der Waals surface area contributed by atoms with Gasteiger partial charge in [0.1, 0.15) is 0 Å². The maximum atomic E-state index is 11.1. The summed E-state index contributed by atoms with van der Waals surface area (Å²) in [6.45, 7) is -0.240. The molecule has 4 nitrogen and oxygen atoms in total. The monoisotopic (exact) mass is 220 g/mol. The number of esters is 1. The van der Waals surface area contributed by atoms with Crippen LogP contribution in [-0.4, -0.2) is 26.3 Å². The summed E-state index contributed by atoms with van der Waals surface area (Å²) >= 11 is 0. The molecule has 0 spiro atoms. The third-order valence-corrected chi connectivity index (χ3v) is 1.73. The van der Waals surface area contributed by atoms with Gasteiger partial charge in [0.05, 0.1) is 7.11 Å². The number of methoxy groups -OCH3 is 1. The molecule has 0 radical (unpaired) electrons. The highest BCUT2D eigenvalue weighted by molar-refractivity contribution is 5.71. The Morgan fingerprint density at radius 2 is 2.06 bits per heavy atom. The molecule has 16 heavy (non-hydrogen) atoms. The molecule has 0 unspecified atom stereocenters. The predicted octanol–water partition coefficient (Wildman–Crippen LogP) is 1.25. The maximum absolute atomic E-state index is 11.1. The summed E-state index contributed by atoms with van der Waals surface area (Å²) in [6.07, 6.45) is 4.94. The van der Waals surface area contributed by atoms with Crippen molar-refractivity contribution in [1.82, 2.24) is 0 Å². The Morgan fingerprint density at radius 3 is 2.69 bits per heavy atom. The minimum Gasteiger partial charge on any atom is -0.493 e. The molecular formula is C12H12O4. The lowest BCUT2D eigenvalue weighted by Gasteiger charge is -2.09. The first kappa shape index (κ1) is 11.9. The Balaban J connectivity index is 2.48. The van der Waals surface area contributed by atoms with Gasteiger partial charge in [-0.3, -0.25) is 0 Å². The van der Waals surface area contributed by atoms with E-state index in [1.165, 1.54) is 7.11 Å². The van der Waals surface area contributed by atoms with Crippen LogP contribution in [0.2, 0.25) is 0 Å². The molecule has 4 heteroatoms. The molecule has 0 saturated carbocycles. The van der Waals surface area contributed by atoms with Crippen LogP contribution in [0.5, 0.6) is 11.5 Å². The standard InChI is InChI=1S/C12H12O4/c1-3-8-15-12(13)9-16-11-7-5-4-6-10(11)14-2/h1,4-7H,8-9H2,2H3. The highest BCUT2D eigenvalue weighted by Crippen LogP contribution is 2.25. The predicted molar refractivity (Wildman–Crippen MR) is 58.3 cm³/mol. The summed E-state index contributed by atoms with van der Waals surface area (Å²) in [7, 11) is 1.53. The number of hydrogen-bond donors (Lipinski definition) is 0. The second kappa shape index (κ2) is 6.36. The zero-order chi connectivity index (χ0) is 11.8. The molecular weight excluding hydrogens is 208 g/mol. The van der Waals surface area contributed by atoms with E-state index in [4.69, 9.17) is 15.9 Å². The summed E-state index contributed by atoms with van der Waals surface area (Å²) in [4.78, 5) is 11.1. The lowest BCUT2D eigenvalue weighted by atomic mass is 10.3. The SMILES string of the molecule is C#CCOC(=O)COc1ccccc1OC. The Labute approximate surface area is 94.1 Å². The zero-order valence-corrected chi connectivity index (χ0v) is 8.93. The van der Waals surface area contributed by atoms with Gasteiger partial charge in [-0.1, -0.05) is 18.1 Å². The van der Waals surface area contributed by atoms with Crippen LogP contribution in [0.3, 0.4) is 0 Å². The van der Waals surface area contributed by atoms with Gasteiger partial charge < -0.3 is 14.2 Å². The Bertz CT molecular complexity index is 392. The average Bonchev–Trinajstić information content (AvgIpc) is 2.34. The average molecular weight is 220 g/mol. The highest BCUT2D eigenvalue weighted by Gasteiger charge is 2.06. The molecule has 0 aromatic heterocycles. The van der Waals surface area contributed by atoms with E-state index in [1.54, 1.807) is 18.2 Å². The van der Waals surface area contributed by atoms with E-state index in [9.17, 15) is 4.79 Å². The first-order valence-electron chi connectivity index (χ1n) is 4.63. The number of para-hydroxylation sites is 2. The zero-order valence-electron chi connectivity index (χ0n) is 8.93. The molecule has 0 amide bonds. The van der Waals surface area contributed by atoms with Crippen LogP contribution in [0, 0.1) is 12.3 Å². The van der Waals surface area contributed by atoms with Crippen molar-refractivity contribution in [3.05, 3.63) is 24.3 Å².